The van der Waals surface area contributed by atoms with Crippen molar-refractivity contribution in [2.24, 2.45) is 0 Å². The Morgan fingerprint density at radius 2 is 1.12 bits per heavy atom. The van der Waals surface area contributed by atoms with E-state index in [9.17, 15) is 0 Å². The zero-order valence-corrected chi connectivity index (χ0v) is 30.3. The molecule has 0 aliphatic carbocycles. The number of benzene rings is 4. The van der Waals surface area contributed by atoms with Gasteiger partial charge in [-0.05, 0) is 107 Å². The van der Waals surface area contributed by atoms with Gasteiger partial charge in [-0.3, -0.25) is 0 Å². The zero-order chi connectivity index (χ0) is 34.7. The molecule has 0 spiro atoms. The Labute approximate surface area is 287 Å². The molecule has 2 heterocycles. The Balaban J connectivity index is 1.37. The van der Waals surface area contributed by atoms with Gasteiger partial charge in [-0.25, -0.2) is 0 Å². The summed E-state index contributed by atoms with van der Waals surface area (Å²) in [5, 5.41) is 4.40. The third-order valence-electron chi connectivity index (χ3n) is 10.7. The molecule has 2 aliphatic rings. The molecular weight excluding hydrogens is 594 g/mol. The Kier molecular flexibility index (Phi) is 8.55. The molecule has 4 aromatic rings. The lowest BCUT2D eigenvalue weighted by molar-refractivity contribution is 0.00578. The molecule has 0 amide bonds. The molecule has 7 heteroatoms. The molecule has 2 aliphatic heterocycles. The van der Waals surface area contributed by atoms with Gasteiger partial charge in [0.25, 0.3) is 0 Å². The van der Waals surface area contributed by atoms with Crippen molar-refractivity contribution >= 4 is 35.8 Å². The van der Waals surface area contributed by atoms with E-state index in [0.29, 0.717) is 0 Å². The molecule has 0 bridgehead atoms. The first-order valence-corrected chi connectivity index (χ1v) is 16.8. The number of methoxy groups -OCH3 is 1. The maximum absolute atomic E-state index is 6.23. The lowest BCUT2D eigenvalue weighted by Crippen LogP contribution is -2.41. The van der Waals surface area contributed by atoms with Crippen molar-refractivity contribution in [3.05, 3.63) is 89.0 Å². The second kappa shape index (κ2) is 12.0. The van der Waals surface area contributed by atoms with E-state index in [-0.39, 0.29) is 5.41 Å². The SMILES string of the molecule is COc1ccc2ccc(CC(C)(C)c3ccc4ccccc4c3C#CB3OC(C)(C)C(C)(C)O3)cc2c1C#CB1OC(C)(C)C(C)(C)O1. The fourth-order valence-electron chi connectivity index (χ4n) is 6.40. The van der Waals surface area contributed by atoms with E-state index in [0.717, 1.165) is 44.8 Å². The fraction of sp³-hybridized carbons (Fsp3) is 0.415. The number of rotatable bonds is 4. The Morgan fingerprint density at radius 3 is 1.71 bits per heavy atom. The summed E-state index contributed by atoms with van der Waals surface area (Å²) in [4.78, 5) is 0. The number of ether oxygens (including phenoxy) is 1. The van der Waals surface area contributed by atoms with Crippen LogP contribution in [0.4, 0.5) is 0 Å². The van der Waals surface area contributed by atoms with Gasteiger partial charge in [-0.15, -0.1) is 0 Å². The van der Waals surface area contributed by atoms with Gasteiger partial charge >= 0.3 is 14.2 Å². The van der Waals surface area contributed by atoms with Crippen molar-refractivity contribution in [2.45, 2.75) is 103 Å². The van der Waals surface area contributed by atoms with E-state index in [1.54, 1.807) is 7.11 Å². The maximum atomic E-state index is 6.23. The summed E-state index contributed by atoms with van der Waals surface area (Å²) in [6.45, 7) is 20.9. The van der Waals surface area contributed by atoms with Crippen LogP contribution in [0.2, 0.25) is 0 Å². The summed E-state index contributed by atoms with van der Waals surface area (Å²) in [7, 11) is 0.457. The molecule has 0 saturated carbocycles. The fourth-order valence-corrected chi connectivity index (χ4v) is 6.40. The lowest BCUT2D eigenvalue weighted by atomic mass is 9.75. The van der Waals surface area contributed by atoms with Crippen LogP contribution in [0.3, 0.4) is 0 Å². The predicted octanol–water partition coefficient (Wildman–Crippen LogP) is 8.49. The molecule has 0 unspecified atom stereocenters. The van der Waals surface area contributed by atoms with Gasteiger partial charge in [-0.2, -0.15) is 0 Å². The molecule has 5 nitrogen and oxygen atoms in total. The van der Waals surface area contributed by atoms with Crippen LogP contribution in [-0.2, 0) is 30.5 Å². The number of fused-ring (bicyclic) bond motifs is 2. The number of hydrogen-bond acceptors (Lipinski definition) is 5. The van der Waals surface area contributed by atoms with Crippen LogP contribution in [0.25, 0.3) is 21.5 Å². The summed E-state index contributed by atoms with van der Waals surface area (Å²) in [6.07, 6.45) is 0.785. The van der Waals surface area contributed by atoms with Crippen molar-refractivity contribution in [3.8, 4) is 29.2 Å². The largest absolute Gasteiger partial charge is 0.551 e. The van der Waals surface area contributed by atoms with E-state index in [4.69, 9.17) is 23.4 Å². The van der Waals surface area contributed by atoms with E-state index in [2.05, 4.69) is 126 Å². The summed E-state index contributed by atoms with van der Waals surface area (Å²) < 4.78 is 30.6. The Hall–Kier alpha value is -3.71. The first-order chi connectivity index (χ1) is 22.4. The molecule has 0 aromatic heterocycles. The van der Waals surface area contributed by atoms with Crippen LogP contribution < -0.4 is 4.74 Å². The van der Waals surface area contributed by atoms with Crippen molar-refractivity contribution in [1.82, 2.24) is 0 Å². The normalized spacial score (nSPS) is 19.1. The molecule has 4 aromatic carbocycles. The van der Waals surface area contributed by atoms with E-state index < -0.39 is 36.6 Å². The average molecular weight is 640 g/mol. The predicted molar refractivity (Wildman–Crippen MR) is 197 cm³/mol. The highest BCUT2D eigenvalue weighted by molar-refractivity contribution is 6.56. The van der Waals surface area contributed by atoms with E-state index in [1.807, 2.05) is 33.8 Å². The van der Waals surface area contributed by atoms with Crippen LogP contribution in [0.5, 0.6) is 5.75 Å². The Morgan fingerprint density at radius 1 is 0.625 bits per heavy atom. The monoisotopic (exact) mass is 640 g/mol. The van der Waals surface area contributed by atoms with Gasteiger partial charge < -0.3 is 23.4 Å². The van der Waals surface area contributed by atoms with Gasteiger partial charge in [0.2, 0.25) is 0 Å². The van der Waals surface area contributed by atoms with Gasteiger partial charge in [-0.1, -0.05) is 91.9 Å². The minimum absolute atomic E-state index is 0.259. The highest BCUT2D eigenvalue weighted by Crippen LogP contribution is 2.39. The highest BCUT2D eigenvalue weighted by atomic mass is 16.7. The van der Waals surface area contributed by atoms with Crippen molar-refractivity contribution in [2.75, 3.05) is 7.11 Å². The molecule has 6 rings (SSSR count). The van der Waals surface area contributed by atoms with Gasteiger partial charge in [0.15, 0.2) is 0 Å². The molecular formula is C41H46B2O5. The first-order valence-electron chi connectivity index (χ1n) is 16.8. The molecule has 0 radical (unpaired) electrons. The van der Waals surface area contributed by atoms with Crippen molar-refractivity contribution < 1.29 is 23.4 Å². The van der Waals surface area contributed by atoms with Crippen LogP contribution in [0.15, 0.2) is 66.7 Å². The topological polar surface area (TPSA) is 46.2 Å². The van der Waals surface area contributed by atoms with Crippen molar-refractivity contribution in [1.29, 1.82) is 0 Å². The Bertz CT molecular complexity index is 1990. The van der Waals surface area contributed by atoms with Crippen LogP contribution in [0, 0.1) is 23.5 Å². The number of hydrogen-bond donors (Lipinski definition) is 0. The van der Waals surface area contributed by atoms with Gasteiger partial charge in [0, 0.05) is 10.9 Å². The van der Waals surface area contributed by atoms with Crippen LogP contribution >= 0.6 is 0 Å². The van der Waals surface area contributed by atoms with Gasteiger partial charge in [0.1, 0.15) is 5.75 Å². The summed E-state index contributed by atoms with van der Waals surface area (Å²) in [6, 6.07) is 23.5. The summed E-state index contributed by atoms with van der Waals surface area (Å²) in [5.41, 5.74) is 2.14. The standard InChI is InChI=1S/C41H46B2O5/c1-37(2,35-20-18-29-14-12-13-15-31(29)32(35)22-24-42-45-38(3,4)39(5,6)46-42)27-28-16-17-30-19-21-36(44-11)33(34(30)26-28)23-25-43-47-40(7,8)41(9,10)48-43/h12-21,26H,27H2,1-11H3. The smallest absolute Gasteiger partial charge is 0.495 e. The molecule has 0 atom stereocenters. The molecule has 48 heavy (non-hydrogen) atoms. The third-order valence-corrected chi connectivity index (χ3v) is 10.7. The molecule has 0 N–H and O–H groups in total. The van der Waals surface area contributed by atoms with Crippen molar-refractivity contribution in [3.63, 3.8) is 0 Å². The van der Waals surface area contributed by atoms with Gasteiger partial charge in [0.05, 0.1) is 35.1 Å². The molecule has 2 fully saturated rings. The van der Waals surface area contributed by atoms with E-state index in [1.165, 1.54) is 11.1 Å². The minimum atomic E-state index is -0.623. The van der Waals surface area contributed by atoms with Crippen LogP contribution in [0.1, 0.15) is 91.5 Å². The quantitative estimate of drug-likeness (QED) is 0.166. The second-order valence-corrected chi connectivity index (χ2v) is 15.7. The second-order valence-electron chi connectivity index (χ2n) is 15.7. The molecule has 246 valence electrons. The maximum Gasteiger partial charge on any atom is 0.551 e. The summed E-state index contributed by atoms with van der Waals surface area (Å²) >= 11 is 0. The lowest BCUT2D eigenvalue weighted by Gasteiger charge is -2.32. The van der Waals surface area contributed by atoms with Crippen LogP contribution in [-0.4, -0.2) is 43.8 Å². The first kappa shape index (κ1) is 34.2. The van der Waals surface area contributed by atoms with E-state index >= 15 is 0 Å². The zero-order valence-electron chi connectivity index (χ0n) is 30.3. The minimum Gasteiger partial charge on any atom is -0.495 e. The summed E-state index contributed by atoms with van der Waals surface area (Å²) in [5.74, 6) is 14.2. The third kappa shape index (κ3) is 6.26. The molecule has 2 saturated heterocycles. The highest BCUT2D eigenvalue weighted by Gasteiger charge is 2.51. The average Bonchev–Trinajstić information content (AvgIpc) is 3.36.